The smallest absolute Gasteiger partial charge is 0.269 e. The van der Waals surface area contributed by atoms with Crippen molar-refractivity contribution >= 4 is 17.3 Å². The summed E-state index contributed by atoms with van der Waals surface area (Å²) in [5, 5.41) is 18.3. The zero-order chi connectivity index (χ0) is 21.3. The number of nitro groups is 1. The van der Waals surface area contributed by atoms with E-state index in [1.54, 1.807) is 18.2 Å². The number of ether oxygens (including phenoxy) is 2. The normalized spacial score (nSPS) is 14.5. The molecule has 7 nitrogen and oxygen atoms in total. The van der Waals surface area contributed by atoms with Crippen molar-refractivity contribution in [2.75, 3.05) is 26.2 Å². The van der Waals surface area contributed by atoms with Gasteiger partial charge in [0.05, 0.1) is 11.5 Å². The molecule has 1 aliphatic heterocycles. The summed E-state index contributed by atoms with van der Waals surface area (Å²) in [4.78, 5) is 10.4. The van der Waals surface area contributed by atoms with Crippen molar-refractivity contribution in [2.45, 2.75) is 32.9 Å². The van der Waals surface area contributed by atoms with Crippen molar-refractivity contribution in [1.82, 2.24) is 10.6 Å². The number of nitrogens with one attached hydrogen (secondary N) is 2. The standard InChI is InChI=1S/C22H28ClN3O4/c1-2-29-21-11-18(14-25-13-16-7-9-24-10-8-16)20(23)12-22(21)30-15-17-3-5-19(6-4-17)26(27)28/h3-6,11-12,16,24-25H,2,7-10,13-15H2,1H3. The number of nitro benzene ring substituents is 1. The maximum absolute atomic E-state index is 10.8. The van der Waals surface area contributed by atoms with E-state index in [4.69, 9.17) is 21.1 Å². The van der Waals surface area contributed by atoms with Gasteiger partial charge in [0.25, 0.3) is 5.69 Å². The third-order valence-corrected chi connectivity index (χ3v) is 5.51. The van der Waals surface area contributed by atoms with Gasteiger partial charge in [-0.05, 0) is 74.6 Å². The average molecular weight is 434 g/mol. The van der Waals surface area contributed by atoms with Crippen molar-refractivity contribution in [3.05, 3.63) is 62.7 Å². The molecule has 1 heterocycles. The summed E-state index contributed by atoms with van der Waals surface area (Å²) >= 11 is 6.50. The Labute approximate surface area is 181 Å². The largest absolute Gasteiger partial charge is 0.490 e. The monoisotopic (exact) mass is 433 g/mol. The van der Waals surface area contributed by atoms with E-state index in [1.807, 2.05) is 13.0 Å². The summed E-state index contributed by atoms with van der Waals surface area (Å²) in [5.41, 5.74) is 1.85. The number of hydrogen-bond donors (Lipinski definition) is 2. The maximum atomic E-state index is 10.8. The molecule has 1 fully saturated rings. The van der Waals surface area contributed by atoms with Crippen LogP contribution in [0, 0.1) is 16.0 Å². The molecular formula is C22H28ClN3O4. The Morgan fingerprint density at radius 2 is 1.87 bits per heavy atom. The van der Waals surface area contributed by atoms with Crippen LogP contribution >= 0.6 is 11.6 Å². The van der Waals surface area contributed by atoms with E-state index in [-0.39, 0.29) is 12.3 Å². The molecule has 0 spiro atoms. The lowest BCUT2D eigenvalue weighted by Crippen LogP contribution is -2.33. The van der Waals surface area contributed by atoms with Crippen molar-refractivity contribution in [2.24, 2.45) is 5.92 Å². The highest BCUT2D eigenvalue weighted by Crippen LogP contribution is 2.34. The second-order valence-corrected chi connectivity index (χ2v) is 7.77. The molecule has 0 radical (unpaired) electrons. The predicted molar refractivity (Wildman–Crippen MR) is 117 cm³/mol. The van der Waals surface area contributed by atoms with Gasteiger partial charge in [-0.3, -0.25) is 10.1 Å². The lowest BCUT2D eigenvalue weighted by atomic mass is 9.98. The molecule has 2 aromatic carbocycles. The van der Waals surface area contributed by atoms with Crippen molar-refractivity contribution in [3.63, 3.8) is 0 Å². The third-order valence-electron chi connectivity index (χ3n) is 5.16. The van der Waals surface area contributed by atoms with Gasteiger partial charge in [-0.15, -0.1) is 0 Å². The highest BCUT2D eigenvalue weighted by Gasteiger charge is 2.15. The fourth-order valence-electron chi connectivity index (χ4n) is 3.47. The van der Waals surface area contributed by atoms with Crippen LogP contribution in [0.15, 0.2) is 36.4 Å². The fraction of sp³-hybridized carbons (Fsp3) is 0.455. The predicted octanol–water partition coefficient (Wildman–Crippen LogP) is 4.32. The Kier molecular flexibility index (Phi) is 8.30. The second-order valence-electron chi connectivity index (χ2n) is 7.36. The van der Waals surface area contributed by atoms with Crippen LogP contribution in [0.2, 0.25) is 5.02 Å². The molecule has 8 heteroatoms. The minimum atomic E-state index is -0.421. The van der Waals surface area contributed by atoms with Gasteiger partial charge in [-0.1, -0.05) is 11.6 Å². The first-order chi connectivity index (χ1) is 14.6. The second kappa shape index (κ2) is 11.2. The van der Waals surface area contributed by atoms with E-state index in [1.165, 1.54) is 25.0 Å². The summed E-state index contributed by atoms with van der Waals surface area (Å²) in [6.45, 7) is 6.51. The third kappa shape index (κ3) is 6.32. The van der Waals surface area contributed by atoms with Crippen LogP contribution in [0.5, 0.6) is 11.5 Å². The van der Waals surface area contributed by atoms with Crippen LogP contribution in [0.25, 0.3) is 0 Å². The lowest BCUT2D eigenvalue weighted by Gasteiger charge is -2.23. The molecule has 0 aromatic heterocycles. The number of hydrogen-bond acceptors (Lipinski definition) is 6. The number of halogens is 1. The van der Waals surface area contributed by atoms with Crippen LogP contribution in [-0.4, -0.2) is 31.2 Å². The molecule has 1 saturated heterocycles. The van der Waals surface area contributed by atoms with E-state index >= 15 is 0 Å². The van der Waals surface area contributed by atoms with E-state index in [9.17, 15) is 10.1 Å². The summed E-state index contributed by atoms with van der Waals surface area (Å²) in [5.74, 6) is 1.89. The van der Waals surface area contributed by atoms with Crippen LogP contribution in [0.4, 0.5) is 5.69 Å². The molecule has 0 bridgehead atoms. The van der Waals surface area contributed by atoms with E-state index in [0.29, 0.717) is 35.6 Å². The van der Waals surface area contributed by atoms with Gasteiger partial charge in [0.2, 0.25) is 0 Å². The summed E-state index contributed by atoms with van der Waals surface area (Å²) in [6, 6.07) is 9.99. The molecule has 1 aliphatic rings. The van der Waals surface area contributed by atoms with Crippen LogP contribution in [0.1, 0.15) is 30.9 Å². The highest BCUT2D eigenvalue weighted by molar-refractivity contribution is 6.31. The van der Waals surface area contributed by atoms with Crippen LogP contribution in [-0.2, 0) is 13.2 Å². The fourth-order valence-corrected chi connectivity index (χ4v) is 3.69. The Hall–Kier alpha value is -2.35. The number of non-ortho nitro benzene ring substituents is 1. The SMILES string of the molecule is CCOc1cc(CNCC2CCNCC2)c(Cl)cc1OCc1ccc([N+](=O)[O-])cc1. The molecule has 0 amide bonds. The minimum Gasteiger partial charge on any atom is -0.490 e. The first-order valence-electron chi connectivity index (χ1n) is 10.3. The molecule has 30 heavy (non-hydrogen) atoms. The Morgan fingerprint density at radius 1 is 1.17 bits per heavy atom. The van der Waals surface area contributed by atoms with E-state index in [2.05, 4.69) is 10.6 Å². The molecule has 3 rings (SSSR count). The quantitative estimate of drug-likeness (QED) is 0.429. The summed E-state index contributed by atoms with van der Waals surface area (Å²) in [7, 11) is 0. The molecule has 162 valence electrons. The summed E-state index contributed by atoms with van der Waals surface area (Å²) in [6.07, 6.45) is 2.39. The van der Waals surface area contributed by atoms with Crippen molar-refractivity contribution < 1.29 is 14.4 Å². The molecule has 0 aliphatic carbocycles. The first-order valence-corrected chi connectivity index (χ1v) is 10.7. The van der Waals surface area contributed by atoms with Crippen LogP contribution < -0.4 is 20.1 Å². The molecule has 0 atom stereocenters. The number of rotatable bonds is 10. The molecule has 2 aromatic rings. The Morgan fingerprint density at radius 3 is 2.53 bits per heavy atom. The van der Waals surface area contributed by atoms with Crippen molar-refractivity contribution in [1.29, 1.82) is 0 Å². The lowest BCUT2D eigenvalue weighted by molar-refractivity contribution is -0.384. The van der Waals surface area contributed by atoms with E-state index in [0.717, 1.165) is 30.8 Å². The molecule has 0 saturated carbocycles. The maximum Gasteiger partial charge on any atom is 0.269 e. The van der Waals surface area contributed by atoms with Gasteiger partial charge >= 0.3 is 0 Å². The molecule has 0 unspecified atom stereocenters. The number of piperidine rings is 1. The van der Waals surface area contributed by atoms with Gasteiger partial charge < -0.3 is 20.1 Å². The van der Waals surface area contributed by atoms with Crippen LogP contribution in [0.3, 0.4) is 0 Å². The number of benzene rings is 2. The Bertz CT molecular complexity index is 839. The summed E-state index contributed by atoms with van der Waals surface area (Å²) < 4.78 is 11.7. The van der Waals surface area contributed by atoms with Gasteiger partial charge in [-0.25, -0.2) is 0 Å². The van der Waals surface area contributed by atoms with Gasteiger partial charge in [0.15, 0.2) is 11.5 Å². The average Bonchev–Trinajstić information content (AvgIpc) is 2.76. The zero-order valence-corrected chi connectivity index (χ0v) is 17.9. The van der Waals surface area contributed by atoms with Gasteiger partial charge in [0.1, 0.15) is 6.61 Å². The molecule has 2 N–H and O–H groups in total. The number of nitrogens with zero attached hydrogens (tertiary/aromatic N) is 1. The first kappa shape index (κ1) is 22.3. The minimum absolute atomic E-state index is 0.0538. The van der Waals surface area contributed by atoms with Gasteiger partial charge in [-0.2, -0.15) is 0 Å². The molecular weight excluding hydrogens is 406 g/mol. The Balaban J connectivity index is 1.62. The van der Waals surface area contributed by atoms with E-state index < -0.39 is 4.92 Å². The zero-order valence-electron chi connectivity index (χ0n) is 17.2. The van der Waals surface area contributed by atoms with Crippen molar-refractivity contribution in [3.8, 4) is 11.5 Å². The topological polar surface area (TPSA) is 85.7 Å². The van der Waals surface area contributed by atoms with Gasteiger partial charge in [0, 0.05) is 29.8 Å². The highest BCUT2D eigenvalue weighted by atomic mass is 35.5.